The molecule has 0 radical (unpaired) electrons. The molecule has 148 valence electrons. The molecule has 1 saturated heterocycles. The predicted octanol–water partition coefficient (Wildman–Crippen LogP) is 1.24. The van der Waals surface area contributed by atoms with Gasteiger partial charge in [-0.3, -0.25) is 14.3 Å². The second kappa shape index (κ2) is 9.03. The molecule has 1 aliphatic heterocycles. The molecule has 0 aliphatic carbocycles. The molecule has 1 aliphatic rings. The number of ether oxygens (including phenoxy) is 1. The van der Waals surface area contributed by atoms with E-state index in [1.807, 2.05) is 13.8 Å². The van der Waals surface area contributed by atoms with Gasteiger partial charge >= 0.3 is 0 Å². The van der Waals surface area contributed by atoms with Crippen LogP contribution in [0.25, 0.3) is 0 Å². The highest BCUT2D eigenvalue weighted by molar-refractivity contribution is 6.04. The van der Waals surface area contributed by atoms with E-state index in [0.29, 0.717) is 30.1 Å². The van der Waals surface area contributed by atoms with Crippen LogP contribution >= 0.6 is 12.4 Å². The lowest BCUT2D eigenvalue weighted by Gasteiger charge is -2.35. The number of aromatic nitrogens is 2. The van der Waals surface area contributed by atoms with Crippen molar-refractivity contribution in [2.75, 3.05) is 18.4 Å². The maximum atomic E-state index is 12.4. The van der Waals surface area contributed by atoms with Gasteiger partial charge in [0.1, 0.15) is 18.6 Å². The van der Waals surface area contributed by atoms with E-state index >= 15 is 0 Å². The fourth-order valence-corrected chi connectivity index (χ4v) is 2.94. The number of carbonyl (C=O) groups is 2. The highest BCUT2D eigenvalue weighted by atomic mass is 35.5. The van der Waals surface area contributed by atoms with E-state index in [1.165, 1.54) is 17.1 Å². The van der Waals surface area contributed by atoms with Crippen molar-refractivity contribution in [2.45, 2.75) is 39.1 Å². The van der Waals surface area contributed by atoms with Crippen LogP contribution in [0.5, 0.6) is 0 Å². The van der Waals surface area contributed by atoms with Crippen LogP contribution in [0.1, 0.15) is 30.0 Å². The molecule has 3 N–H and O–H groups in total. The quantitative estimate of drug-likeness (QED) is 0.784. The number of nitrogens with two attached hydrogens (primary N) is 1. The standard InChI is InChI=1S/C17H23N5O4.ClH/c1-11-6-21(7-12(2)26-11)16(23)9-22-8-14(5-19-22)20-17(24)13-3-15(4-18)25-10-13;/h3,5,8,10-12H,4,6-7,9,18H2,1-2H3,(H,20,24);1H. The Bertz CT molecular complexity index is 780. The first-order chi connectivity index (χ1) is 12.4. The van der Waals surface area contributed by atoms with E-state index in [4.69, 9.17) is 14.9 Å². The molecule has 27 heavy (non-hydrogen) atoms. The third-order valence-electron chi connectivity index (χ3n) is 4.08. The molecule has 10 heteroatoms. The number of nitrogens with one attached hydrogen (secondary N) is 1. The summed E-state index contributed by atoms with van der Waals surface area (Å²) in [6.07, 6.45) is 4.51. The summed E-state index contributed by atoms with van der Waals surface area (Å²) in [6.45, 7) is 5.37. The fraction of sp³-hybridized carbons (Fsp3) is 0.471. The largest absolute Gasteiger partial charge is 0.467 e. The summed E-state index contributed by atoms with van der Waals surface area (Å²) in [5, 5.41) is 6.85. The minimum absolute atomic E-state index is 0. The van der Waals surface area contributed by atoms with Crippen molar-refractivity contribution in [1.29, 1.82) is 0 Å². The van der Waals surface area contributed by atoms with E-state index in [0.717, 1.165) is 0 Å². The normalized spacial score (nSPS) is 19.4. The molecule has 3 rings (SSSR count). The third kappa shape index (κ3) is 5.31. The molecule has 2 unspecified atom stereocenters. The summed E-state index contributed by atoms with van der Waals surface area (Å²) >= 11 is 0. The topological polar surface area (TPSA) is 116 Å². The number of nitrogens with zero attached hydrogens (tertiary/aromatic N) is 3. The Balaban J connectivity index is 0.00000261. The second-order valence-electron chi connectivity index (χ2n) is 6.44. The lowest BCUT2D eigenvalue weighted by atomic mass is 10.2. The summed E-state index contributed by atoms with van der Waals surface area (Å²) < 4.78 is 12.3. The van der Waals surface area contributed by atoms with Crippen molar-refractivity contribution in [3.63, 3.8) is 0 Å². The zero-order chi connectivity index (χ0) is 18.7. The minimum atomic E-state index is -0.324. The summed E-state index contributed by atoms with van der Waals surface area (Å²) in [7, 11) is 0. The van der Waals surface area contributed by atoms with Crippen molar-refractivity contribution >= 4 is 29.9 Å². The smallest absolute Gasteiger partial charge is 0.259 e. The number of rotatable bonds is 5. The molecular formula is C17H24ClN5O4. The first-order valence-electron chi connectivity index (χ1n) is 8.49. The zero-order valence-corrected chi connectivity index (χ0v) is 16.1. The van der Waals surface area contributed by atoms with Gasteiger partial charge in [-0.15, -0.1) is 12.4 Å². The van der Waals surface area contributed by atoms with E-state index in [-0.39, 0.29) is 49.5 Å². The average molecular weight is 398 g/mol. The molecular weight excluding hydrogens is 374 g/mol. The SMILES string of the molecule is CC1CN(C(=O)Cn2cc(NC(=O)c3coc(CN)c3)cn2)CC(C)O1.Cl. The molecule has 9 nitrogen and oxygen atoms in total. The highest BCUT2D eigenvalue weighted by Gasteiger charge is 2.26. The maximum absolute atomic E-state index is 12.4. The second-order valence-corrected chi connectivity index (χ2v) is 6.44. The first kappa shape index (κ1) is 20.9. The van der Waals surface area contributed by atoms with Gasteiger partial charge in [0, 0.05) is 19.3 Å². The predicted molar refractivity (Wildman–Crippen MR) is 101 cm³/mol. The van der Waals surface area contributed by atoms with Gasteiger partial charge in [0.25, 0.3) is 5.91 Å². The van der Waals surface area contributed by atoms with Crippen molar-refractivity contribution in [1.82, 2.24) is 14.7 Å². The van der Waals surface area contributed by atoms with Crippen LogP contribution in [0.2, 0.25) is 0 Å². The number of amides is 2. The van der Waals surface area contributed by atoms with E-state index in [9.17, 15) is 9.59 Å². The molecule has 3 heterocycles. The average Bonchev–Trinajstić information content (AvgIpc) is 3.23. The van der Waals surface area contributed by atoms with Crippen LogP contribution in [0.15, 0.2) is 29.1 Å². The van der Waals surface area contributed by atoms with Crippen LogP contribution in [0.4, 0.5) is 5.69 Å². The van der Waals surface area contributed by atoms with E-state index < -0.39 is 0 Å². The number of morpholine rings is 1. The maximum Gasteiger partial charge on any atom is 0.259 e. The Morgan fingerprint density at radius 1 is 1.33 bits per heavy atom. The van der Waals surface area contributed by atoms with Crippen LogP contribution in [0.3, 0.4) is 0 Å². The van der Waals surface area contributed by atoms with Crippen LogP contribution < -0.4 is 11.1 Å². The Hall–Kier alpha value is -2.36. The molecule has 2 aromatic heterocycles. The number of hydrogen-bond acceptors (Lipinski definition) is 6. The molecule has 0 bridgehead atoms. The Labute approximate surface area is 163 Å². The Morgan fingerprint density at radius 2 is 2.04 bits per heavy atom. The Morgan fingerprint density at radius 3 is 2.67 bits per heavy atom. The number of furan rings is 1. The first-order valence-corrected chi connectivity index (χ1v) is 8.49. The third-order valence-corrected chi connectivity index (χ3v) is 4.08. The number of carbonyl (C=O) groups excluding carboxylic acids is 2. The minimum Gasteiger partial charge on any atom is -0.467 e. The zero-order valence-electron chi connectivity index (χ0n) is 15.3. The van der Waals surface area contributed by atoms with Gasteiger partial charge in [0.2, 0.25) is 5.91 Å². The van der Waals surface area contributed by atoms with Gasteiger partial charge in [-0.05, 0) is 19.9 Å². The lowest BCUT2D eigenvalue weighted by molar-refractivity contribution is -0.144. The summed E-state index contributed by atoms with van der Waals surface area (Å²) in [6, 6.07) is 1.59. The number of halogens is 1. The molecule has 1 fully saturated rings. The molecule has 2 amide bonds. The molecule has 0 aromatic carbocycles. The van der Waals surface area contributed by atoms with Crippen LogP contribution in [-0.4, -0.2) is 51.8 Å². The van der Waals surface area contributed by atoms with Crippen molar-refractivity contribution < 1.29 is 18.7 Å². The van der Waals surface area contributed by atoms with E-state index in [1.54, 1.807) is 17.2 Å². The molecule has 2 aromatic rings. The lowest BCUT2D eigenvalue weighted by Crippen LogP contribution is -2.49. The summed E-state index contributed by atoms with van der Waals surface area (Å²) in [5.41, 5.74) is 6.34. The van der Waals surface area contributed by atoms with Gasteiger partial charge in [-0.1, -0.05) is 0 Å². The van der Waals surface area contributed by atoms with Crippen molar-refractivity contribution in [2.24, 2.45) is 5.73 Å². The van der Waals surface area contributed by atoms with Crippen molar-refractivity contribution in [3.05, 3.63) is 36.0 Å². The Kier molecular flexibility index (Phi) is 7.00. The fourth-order valence-electron chi connectivity index (χ4n) is 2.94. The van der Waals surface area contributed by atoms with Gasteiger partial charge in [-0.25, -0.2) is 0 Å². The van der Waals surface area contributed by atoms with Gasteiger partial charge in [0.05, 0.1) is 36.2 Å². The summed E-state index contributed by atoms with van der Waals surface area (Å²) in [5.74, 6) is 0.177. The highest BCUT2D eigenvalue weighted by Crippen LogP contribution is 2.13. The van der Waals surface area contributed by atoms with Crippen LogP contribution in [0, 0.1) is 0 Å². The monoisotopic (exact) mass is 397 g/mol. The van der Waals surface area contributed by atoms with Crippen LogP contribution in [-0.2, 0) is 22.6 Å². The number of hydrogen-bond donors (Lipinski definition) is 2. The molecule has 2 atom stereocenters. The summed E-state index contributed by atoms with van der Waals surface area (Å²) in [4.78, 5) is 26.4. The number of anilines is 1. The van der Waals surface area contributed by atoms with Gasteiger partial charge in [0.15, 0.2) is 0 Å². The molecule has 0 saturated carbocycles. The molecule has 0 spiro atoms. The van der Waals surface area contributed by atoms with Gasteiger partial charge < -0.3 is 25.1 Å². The van der Waals surface area contributed by atoms with E-state index in [2.05, 4.69) is 10.4 Å². The van der Waals surface area contributed by atoms with Gasteiger partial charge in [-0.2, -0.15) is 5.10 Å². The van der Waals surface area contributed by atoms with Crippen molar-refractivity contribution in [3.8, 4) is 0 Å².